The number of hydrogen-bond donors (Lipinski definition) is 1. The van der Waals surface area contributed by atoms with Gasteiger partial charge in [-0.15, -0.1) is 0 Å². The number of hydrogen-bond acceptors (Lipinski definition) is 2. The zero-order chi connectivity index (χ0) is 14.6. The lowest BCUT2D eigenvalue weighted by Crippen LogP contribution is -2.46. The van der Waals surface area contributed by atoms with E-state index in [0.29, 0.717) is 0 Å². The molecule has 3 heteroatoms. The van der Waals surface area contributed by atoms with Crippen molar-refractivity contribution in [2.24, 2.45) is 0 Å². The van der Waals surface area contributed by atoms with Gasteiger partial charge in [0.2, 0.25) is 6.41 Å². The van der Waals surface area contributed by atoms with E-state index in [2.05, 4.69) is 37.9 Å². The molecule has 0 unspecified atom stereocenters. The molecule has 0 saturated heterocycles. The van der Waals surface area contributed by atoms with Crippen LogP contribution < -0.4 is 5.32 Å². The maximum absolute atomic E-state index is 10.3. The SMILES string of the molecule is CCCCCCCCN(CCNC=O)C(C)(C)CC. The zero-order valence-corrected chi connectivity index (χ0v) is 13.5. The number of amides is 1. The molecule has 1 N–H and O–H groups in total. The molecule has 0 radical (unpaired) electrons. The number of unbranched alkanes of at least 4 members (excludes halogenated alkanes) is 5. The molecule has 0 bridgehead atoms. The van der Waals surface area contributed by atoms with Gasteiger partial charge < -0.3 is 5.32 Å². The van der Waals surface area contributed by atoms with Crippen LogP contribution in [0.4, 0.5) is 0 Å². The van der Waals surface area contributed by atoms with Gasteiger partial charge in [-0.3, -0.25) is 9.69 Å². The Morgan fingerprint density at radius 1 is 1.00 bits per heavy atom. The summed E-state index contributed by atoms with van der Waals surface area (Å²) < 4.78 is 0. The van der Waals surface area contributed by atoms with Gasteiger partial charge in [0, 0.05) is 18.6 Å². The van der Waals surface area contributed by atoms with Crippen LogP contribution in [0.5, 0.6) is 0 Å². The van der Waals surface area contributed by atoms with Gasteiger partial charge in [0.15, 0.2) is 0 Å². The highest BCUT2D eigenvalue weighted by Gasteiger charge is 2.23. The first-order valence-corrected chi connectivity index (χ1v) is 8.00. The van der Waals surface area contributed by atoms with Crippen LogP contribution in [0, 0.1) is 0 Å². The van der Waals surface area contributed by atoms with Crippen molar-refractivity contribution in [2.75, 3.05) is 19.6 Å². The highest BCUT2D eigenvalue weighted by atomic mass is 16.1. The predicted molar refractivity (Wildman–Crippen MR) is 83.4 cm³/mol. The molecule has 0 spiro atoms. The lowest BCUT2D eigenvalue weighted by Gasteiger charge is -2.38. The summed E-state index contributed by atoms with van der Waals surface area (Å²) in [6.07, 6.45) is 9.96. The third-order valence-corrected chi connectivity index (χ3v) is 4.11. The average Bonchev–Trinajstić information content (AvgIpc) is 2.40. The Morgan fingerprint density at radius 2 is 1.63 bits per heavy atom. The van der Waals surface area contributed by atoms with Gasteiger partial charge in [0.05, 0.1) is 0 Å². The Kier molecular flexibility index (Phi) is 10.9. The van der Waals surface area contributed by atoms with Crippen LogP contribution in [-0.4, -0.2) is 36.5 Å². The molecule has 0 aliphatic rings. The second kappa shape index (κ2) is 11.3. The van der Waals surface area contributed by atoms with E-state index in [1.54, 1.807) is 0 Å². The Labute approximate surface area is 120 Å². The zero-order valence-electron chi connectivity index (χ0n) is 13.5. The number of carbonyl (C=O) groups excluding carboxylic acids is 1. The van der Waals surface area contributed by atoms with E-state index in [0.717, 1.165) is 32.5 Å². The van der Waals surface area contributed by atoms with Crippen molar-refractivity contribution in [2.45, 2.75) is 78.2 Å². The molecule has 0 rings (SSSR count). The van der Waals surface area contributed by atoms with Crippen molar-refractivity contribution in [1.82, 2.24) is 10.2 Å². The normalized spacial score (nSPS) is 11.8. The molecule has 114 valence electrons. The summed E-state index contributed by atoms with van der Waals surface area (Å²) in [6.45, 7) is 11.9. The van der Waals surface area contributed by atoms with Crippen molar-refractivity contribution in [3.63, 3.8) is 0 Å². The van der Waals surface area contributed by atoms with Crippen LogP contribution >= 0.6 is 0 Å². The molecule has 0 saturated carbocycles. The summed E-state index contributed by atoms with van der Waals surface area (Å²) in [5.74, 6) is 0. The van der Waals surface area contributed by atoms with Crippen LogP contribution in [0.2, 0.25) is 0 Å². The Balaban J connectivity index is 3.94. The summed E-state index contributed by atoms with van der Waals surface area (Å²) in [5.41, 5.74) is 0.230. The molecule has 0 atom stereocenters. The van der Waals surface area contributed by atoms with Gasteiger partial charge in [-0.05, 0) is 33.2 Å². The van der Waals surface area contributed by atoms with Gasteiger partial charge in [-0.25, -0.2) is 0 Å². The molecule has 0 fully saturated rings. The van der Waals surface area contributed by atoms with Crippen molar-refractivity contribution < 1.29 is 4.79 Å². The topological polar surface area (TPSA) is 32.3 Å². The number of carbonyl (C=O) groups is 1. The Bertz CT molecular complexity index is 217. The largest absolute Gasteiger partial charge is 0.357 e. The fourth-order valence-corrected chi connectivity index (χ4v) is 2.28. The van der Waals surface area contributed by atoms with Crippen LogP contribution in [-0.2, 0) is 4.79 Å². The van der Waals surface area contributed by atoms with E-state index in [-0.39, 0.29) is 5.54 Å². The minimum atomic E-state index is 0.230. The molecule has 0 aromatic rings. The van der Waals surface area contributed by atoms with E-state index in [4.69, 9.17) is 0 Å². The molecule has 0 aliphatic heterocycles. The van der Waals surface area contributed by atoms with Crippen molar-refractivity contribution in [3.05, 3.63) is 0 Å². The third-order valence-electron chi connectivity index (χ3n) is 4.11. The monoisotopic (exact) mass is 270 g/mol. The minimum Gasteiger partial charge on any atom is -0.357 e. The van der Waals surface area contributed by atoms with Gasteiger partial charge in [0.25, 0.3) is 0 Å². The fourth-order valence-electron chi connectivity index (χ4n) is 2.28. The summed E-state index contributed by atoms with van der Waals surface area (Å²) in [7, 11) is 0. The maximum atomic E-state index is 10.3. The van der Waals surface area contributed by atoms with E-state index in [1.165, 1.54) is 38.5 Å². The molecular formula is C16H34N2O. The molecule has 0 aromatic heterocycles. The van der Waals surface area contributed by atoms with Gasteiger partial charge in [-0.1, -0.05) is 46.0 Å². The number of nitrogens with zero attached hydrogens (tertiary/aromatic N) is 1. The Morgan fingerprint density at radius 3 is 2.21 bits per heavy atom. The number of nitrogens with one attached hydrogen (secondary N) is 1. The smallest absolute Gasteiger partial charge is 0.207 e. The second-order valence-electron chi connectivity index (χ2n) is 5.99. The summed E-state index contributed by atoms with van der Waals surface area (Å²) in [5, 5.41) is 2.77. The lowest BCUT2D eigenvalue weighted by molar-refractivity contribution is -0.109. The quantitative estimate of drug-likeness (QED) is 0.410. The molecule has 0 aliphatic carbocycles. The Hall–Kier alpha value is -0.570. The van der Waals surface area contributed by atoms with Gasteiger partial charge >= 0.3 is 0 Å². The van der Waals surface area contributed by atoms with E-state index in [1.807, 2.05) is 0 Å². The van der Waals surface area contributed by atoms with Crippen LogP contribution in [0.3, 0.4) is 0 Å². The van der Waals surface area contributed by atoms with E-state index in [9.17, 15) is 4.79 Å². The van der Waals surface area contributed by atoms with Crippen LogP contribution in [0.1, 0.15) is 72.6 Å². The highest BCUT2D eigenvalue weighted by molar-refractivity contribution is 5.45. The third kappa shape index (κ3) is 9.04. The van der Waals surface area contributed by atoms with Crippen molar-refractivity contribution in [1.29, 1.82) is 0 Å². The molecule has 0 heterocycles. The first kappa shape index (κ1) is 18.4. The van der Waals surface area contributed by atoms with E-state index >= 15 is 0 Å². The standard InChI is InChI=1S/C16H34N2O/c1-5-7-8-9-10-11-13-18(14-12-17-15-19)16(3,4)6-2/h15H,5-14H2,1-4H3,(H,17,19). The molecular weight excluding hydrogens is 236 g/mol. The summed E-state index contributed by atoms with van der Waals surface area (Å²) >= 11 is 0. The van der Waals surface area contributed by atoms with Crippen molar-refractivity contribution >= 4 is 6.41 Å². The van der Waals surface area contributed by atoms with Crippen molar-refractivity contribution in [3.8, 4) is 0 Å². The summed E-state index contributed by atoms with van der Waals surface area (Å²) in [4.78, 5) is 12.9. The number of rotatable bonds is 13. The molecule has 0 aromatic carbocycles. The molecule has 3 nitrogen and oxygen atoms in total. The predicted octanol–water partition coefficient (Wildman–Crippen LogP) is 3.58. The summed E-state index contributed by atoms with van der Waals surface area (Å²) in [6, 6.07) is 0. The lowest BCUT2D eigenvalue weighted by atomic mass is 9.98. The average molecular weight is 270 g/mol. The van der Waals surface area contributed by atoms with Gasteiger partial charge in [0.1, 0.15) is 0 Å². The highest BCUT2D eigenvalue weighted by Crippen LogP contribution is 2.19. The first-order valence-electron chi connectivity index (χ1n) is 8.00. The van der Waals surface area contributed by atoms with Crippen LogP contribution in [0.25, 0.3) is 0 Å². The maximum Gasteiger partial charge on any atom is 0.207 e. The molecule has 19 heavy (non-hydrogen) atoms. The van der Waals surface area contributed by atoms with Crippen LogP contribution in [0.15, 0.2) is 0 Å². The molecule has 1 amide bonds. The second-order valence-corrected chi connectivity index (χ2v) is 5.99. The fraction of sp³-hybridized carbons (Fsp3) is 0.938. The minimum absolute atomic E-state index is 0.230. The van der Waals surface area contributed by atoms with E-state index < -0.39 is 0 Å². The van der Waals surface area contributed by atoms with Gasteiger partial charge in [-0.2, -0.15) is 0 Å². The first-order chi connectivity index (χ1) is 9.08.